The molecular weight excluding hydrogens is 614 g/mol. The number of ether oxygens (including phenoxy) is 7. The summed E-state index contributed by atoms with van der Waals surface area (Å²) in [5.41, 5.74) is -0.521. The zero-order chi connectivity index (χ0) is 34.0. The van der Waals surface area contributed by atoms with Gasteiger partial charge in [-0.1, -0.05) is 0 Å². The zero-order valence-electron chi connectivity index (χ0n) is 24.9. The first-order chi connectivity index (χ1) is 21.9. The molecule has 1 heterocycles. The van der Waals surface area contributed by atoms with Crippen molar-refractivity contribution < 1.29 is 67.0 Å². The molecule has 2 aromatic carbocycles. The van der Waals surface area contributed by atoms with E-state index in [0.29, 0.717) is 0 Å². The molecule has 3 rings (SSSR count). The number of aliphatic carboxylic acids is 1. The largest absolute Gasteiger partial charge is 0.493 e. The highest BCUT2D eigenvalue weighted by molar-refractivity contribution is 6.01. The van der Waals surface area contributed by atoms with Gasteiger partial charge < -0.3 is 43.6 Å². The number of methoxy groups -OCH3 is 3. The van der Waals surface area contributed by atoms with Crippen LogP contribution in [-0.4, -0.2) is 84.6 Å². The second kappa shape index (κ2) is 15.5. The highest BCUT2D eigenvalue weighted by atomic mass is 16.6. The standard InChI is InChI=1S/C29H27N3O14/c1-14(33)43-18-8-6-16(12-20(18)40-3)28(38)45-24(26(35)30-22-10-11-23(42-5)32-31-22)25(27(36)37)46-29(39)17-7-9-19(44-15(2)34)21(13-17)41-4/h6-13,24-25H,1-5H3,(H,36,37)(H,30,31,35)/t24-,25+/m0/s1. The van der Waals surface area contributed by atoms with Crippen molar-refractivity contribution in [3.8, 4) is 28.9 Å². The average Bonchev–Trinajstić information content (AvgIpc) is 3.02. The predicted octanol–water partition coefficient (Wildman–Crippen LogP) is 1.83. The van der Waals surface area contributed by atoms with Gasteiger partial charge in [0.2, 0.25) is 18.1 Å². The van der Waals surface area contributed by atoms with Crippen LogP contribution in [0.15, 0.2) is 48.5 Å². The minimum absolute atomic E-state index is 0.0357. The van der Waals surface area contributed by atoms with Crippen LogP contribution in [0.5, 0.6) is 28.9 Å². The van der Waals surface area contributed by atoms with Crippen LogP contribution in [0.25, 0.3) is 0 Å². The number of carbonyl (C=O) groups excluding carboxylic acids is 5. The van der Waals surface area contributed by atoms with Gasteiger partial charge in [0.05, 0.1) is 32.5 Å². The van der Waals surface area contributed by atoms with Crippen molar-refractivity contribution in [1.82, 2.24) is 10.2 Å². The molecule has 0 aliphatic heterocycles. The Bertz CT molecular complexity index is 1640. The topological polar surface area (TPSA) is 225 Å². The maximum absolute atomic E-state index is 13.4. The molecule has 0 spiro atoms. The molecule has 0 aliphatic carbocycles. The van der Waals surface area contributed by atoms with Crippen molar-refractivity contribution in [2.45, 2.75) is 26.1 Å². The van der Waals surface area contributed by atoms with Crippen LogP contribution >= 0.6 is 0 Å². The Morgan fingerprint density at radius 3 is 1.54 bits per heavy atom. The van der Waals surface area contributed by atoms with Crippen molar-refractivity contribution in [1.29, 1.82) is 0 Å². The van der Waals surface area contributed by atoms with Crippen molar-refractivity contribution in [2.75, 3.05) is 26.6 Å². The van der Waals surface area contributed by atoms with E-state index in [-0.39, 0.29) is 45.8 Å². The number of carboxylic acid groups (broad SMARTS) is 1. The SMILES string of the molecule is COc1ccc(NC(=O)[C@@H](OC(=O)c2ccc(OC(C)=O)c(OC)c2)[C@@H](OC(=O)c2ccc(OC(C)=O)c(OC)c2)C(=O)O)nn1. The van der Waals surface area contributed by atoms with Crippen LogP contribution in [0.1, 0.15) is 34.6 Å². The third kappa shape index (κ3) is 8.88. The molecule has 17 heteroatoms. The van der Waals surface area contributed by atoms with Crippen LogP contribution in [0.2, 0.25) is 0 Å². The summed E-state index contributed by atoms with van der Waals surface area (Å²) >= 11 is 0. The Morgan fingerprint density at radius 1 is 0.652 bits per heavy atom. The summed E-state index contributed by atoms with van der Waals surface area (Å²) < 4.78 is 35.6. The number of carbonyl (C=O) groups is 6. The summed E-state index contributed by atoms with van der Waals surface area (Å²) in [5, 5.41) is 19.7. The monoisotopic (exact) mass is 641 g/mol. The second-order valence-corrected chi connectivity index (χ2v) is 8.86. The summed E-state index contributed by atoms with van der Waals surface area (Å²) in [7, 11) is 3.79. The molecule has 242 valence electrons. The minimum atomic E-state index is -2.41. The number of benzene rings is 2. The summed E-state index contributed by atoms with van der Waals surface area (Å²) in [4.78, 5) is 74.7. The van der Waals surface area contributed by atoms with Crippen LogP contribution < -0.4 is 29.0 Å². The van der Waals surface area contributed by atoms with E-state index in [1.807, 2.05) is 0 Å². The Morgan fingerprint density at radius 2 is 1.15 bits per heavy atom. The van der Waals surface area contributed by atoms with Crippen LogP contribution in [-0.2, 0) is 28.7 Å². The number of amides is 1. The first-order valence-electron chi connectivity index (χ1n) is 12.9. The number of esters is 4. The Balaban J connectivity index is 1.97. The summed E-state index contributed by atoms with van der Waals surface area (Å²) in [5.74, 6) is -7.29. The van der Waals surface area contributed by atoms with E-state index < -0.39 is 48.0 Å². The molecule has 0 fully saturated rings. The van der Waals surface area contributed by atoms with E-state index in [2.05, 4.69) is 15.5 Å². The van der Waals surface area contributed by atoms with E-state index >= 15 is 0 Å². The fourth-order valence-corrected chi connectivity index (χ4v) is 3.62. The Hall–Kier alpha value is -6.26. The van der Waals surface area contributed by atoms with Crippen LogP contribution in [0.3, 0.4) is 0 Å². The summed E-state index contributed by atoms with van der Waals surface area (Å²) in [6.45, 7) is 2.29. The molecule has 2 N–H and O–H groups in total. The third-order valence-corrected chi connectivity index (χ3v) is 5.65. The molecule has 17 nitrogen and oxygen atoms in total. The maximum atomic E-state index is 13.4. The molecule has 0 radical (unpaired) electrons. The van der Waals surface area contributed by atoms with Gasteiger partial charge in [-0.2, -0.15) is 0 Å². The average molecular weight is 642 g/mol. The highest BCUT2D eigenvalue weighted by Gasteiger charge is 2.41. The van der Waals surface area contributed by atoms with Gasteiger partial charge in [0.1, 0.15) is 0 Å². The molecule has 3 aromatic rings. The smallest absolute Gasteiger partial charge is 0.349 e. The molecule has 0 saturated carbocycles. The van der Waals surface area contributed by atoms with E-state index in [4.69, 9.17) is 33.2 Å². The highest BCUT2D eigenvalue weighted by Crippen LogP contribution is 2.30. The van der Waals surface area contributed by atoms with E-state index in [1.165, 1.54) is 45.6 Å². The lowest BCUT2D eigenvalue weighted by Crippen LogP contribution is -2.48. The van der Waals surface area contributed by atoms with Gasteiger partial charge in [0, 0.05) is 19.9 Å². The number of carboxylic acids is 1. The number of hydrogen-bond acceptors (Lipinski definition) is 15. The molecule has 1 amide bonds. The molecule has 2 atom stereocenters. The van der Waals surface area contributed by atoms with E-state index in [9.17, 15) is 33.9 Å². The van der Waals surface area contributed by atoms with Crippen molar-refractivity contribution in [3.63, 3.8) is 0 Å². The lowest BCUT2D eigenvalue weighted by molar-refractivity contribution is -0.157. The number of nitrogens with zero attached hydrogens (tertiary/aromatic N) is 2. The minimum Gasteiger partial charge on any atom is -0.493 e. The van der Waals surface area contributed by atoms with Gasteiger partial charge in [0.25, 0.3) is 5.91 Å². The summed E-state index contributed by atoms with van der Waals surface area (Å²) in [6.07, 6.45) is -4.72. The number of aromatic nitrogens is 2. The number of hydrogen-bond donors (Lipinski definition) is 2. The van der Waals surface area contributed by atoms with Crippen molar-refractivity contribution in [2.24, 2.45) is 0 Å². The predicted molar refractivity (Wildman–Crippen MR) is 152 cm³/mol. The molecule has 0 bridgehead atoms. The molecule has 0 aliphatic rings. The Kier molecular flexibility index (Phi) is 11.5. The van der Waals surface area contributed by atoms with E-state index in [1.54, 1.807) is 0 Å². The number of nitrogens with one attached hydrogen (secondary N) is 1. The van der Waals surface area contributed by atoms with Gasteiger partial charge in [-0.15, -0.1) is 10.2 Å². The lowest BCUT2D eigenvalue weighted by Gasteiger charge is -2.23. The number of rotatable bonds is 13. The zero-order valence-corrected chi connectivity index (χ0v) is 24.9. The molecule has 46 heavy (non-hydrogen) atoms. The molecule has 0 saturated heterocycles. The second-order valence-electron chi connectivity index (χ2n) is 8.86. The van der Waals surface area contributed by atoms with Crippen LogP contribution in [0, 0.1) is 0 Å². The van der Waals surface area contributed by atoms with Gasteiger partial charge in [-0.05, 0) is 42.5 Å². The van der Waals surface area contributed by atoms with Gasteiger partial charge in [0.15, 0.2) is 28.8 Å². The fraction of sp³-hybridized carbons (Fsp3) is 0.241. The first-order valence-corrected chi connectivity index (χ1v) is 12.9. The van der Waals surface area contributed by atoms with Gasteiger partial charge in [-0.3, -0.25) is 14.4 Å². The normalized spacial score (nSPS) is 11.6. The number of anilines is 1. The summed E-state index contributed by atoms with van der Waals surface area (Å²) in [6, 6.07) is 9.53. The van der Waals surface area contributed by atoms with Crippen molar-refractivity contribution >= 4 is 41.6 Å². The Labute approximate surface area is 260 Å². The quantitative estimate of drug-likeness (QED) is 0.200. The third-order valence-electron chi connectivity index (χ3n) is 5.65. The van der Waals surface area contributed by atoms with E-state index in [0.717, 1.165) is 38.1 Å². The molecule has 0 unspecified atom stereocenters. The van der Waals surface area contributed by atoms with Gasteiger partial charge >= 0.3 is 29.8 Å². The fourth-order valence-electron chi connectivity index (χ4n) is 3.62. The van der Waals surface area contributed by atoms with Gasteiger partial charge in [-0.25, -0.2) is 14.4 Å². The maximum Gasteiger partial charge on any atom is 0.349 e. The van der Waals surface area contributed by atoms with Crippen molar-refractivity contribution in [3.05, 3.63) is 59.7 Å². The molecular formula is C29H27N3O14. The van der Waals surface area contributed by atoms with Crippen LogP contribution in [0.4, 0.5) is 5.82 Å². The first kappa shape index (κ1) is 34.2. The molecule has 1 aromatic heterocycles. The lowest BCUT2D eigenvalue weighted by atomic mass is 10.1.